The van der Waals surface area contributed by atoms with Crippen molar-refractivity contribution >= 4 is 11.0 Å². The van der Waals surface area contributed by atoms with E-state index in [0.717, 1.165) is 16.9 Å². The van der Waals surface area contributed by atoms with Gasteiger partial charge in [0.25, 0.3) is 0 Å². The molecule has 0 amide bonds. The predicted molar refractivity (Wildman–Crippen MR) is 79.5 cm³/mol. The number of nitrogens with zero attached hydrogens (tertiary/aromatic N) is 1. The standard InChI is InChI=1S/C17H18N2/c1-11-8-9-15-16(10-11)19-17(18-15)13(3)14-7-5-4-6-12(14)2/h4-10,13H,1-3H3,(H,18,19). The summed E-state index contributed by atoms with van der Waals surface area (Å²) in [5.41, 5.74) is 6.05. The summed E-state index contributed by atoms with van der Waals surface area (Å²) in [5, 5.41) is 0. The Balaban J connectivity index is 2.07. The summed E-state index contributed by atoms with van der Waals surface area (Å²) in [4.78, 5) is 8.17. The number of aryl methyl sites for hydroxylation is 2. The average Bonchev–Trinajstić information content (AvgIpc) is 2.81. The molecular weight excluding hydrogens is 232 g/mol. The molecule has 0 fully saturated rings. The van der Waals surface area contributed by atoms with Gasteiger partial charge in [-0.2, -0.15) is 0 Å². The van der Waals surface area contributed by atoms with E-state index in [0.29, 0.717) is 0 Å². The smallest absolute Gasteiger partial charge is 0.114 e. The molecule has 2 nitrogen and oxygen atoms in total. The second kappa shape index (κ2) is 4.54. The molecule has 0 saturated heterocycles. The molecule has 1 N–H and O–H groups in total. The first-order valence-electron chi connectivity index (χ1n) is 6.67. The van der Waals surface area contributed by atoms with Crippen LogP contribution in [0.3, 0.4) is 0 Å². The Bertz CT molecular complexity index is 725. The monoisotopic (exact) mass is 250 g/mol. The van der Waals surface area contributed by atoms with E-state index in [1.807, 2.05) is 0 Å². The molecular formula is C17H18N2. The van der Waals surface area contributed by atoms with Gasteiger partial charge in [0, 0.05) is 5.92 Å². The largest absolute Gasteiger partial charge is 0.341 e. The first-order valence-corrected chi connectivity index (χ1v) is 6.67. The van der Waals surface area contributed by atoms with Crippen molar-refractivity contribution in [2.45, 2.75) is 26.7 Å². The maximum Gasteiger partial charge on any atom is 0.114 e. The van der Waals surface area contributed by atoms with E-state index >= 15 is 0 Å². The molecule has 1 unspecified atom stereocenters. The molecule has 0 bridgehead atoms. The van der Waals surface area contributed by atoms with E-state index in [9.17, 15) is 0 Å². The lowest BCUT2D eigenvalue weighted by molar-refractivity contribution is 0.838. The van der Waals surface area contributed by atoms with Crippen molar-refractivity contribution in [1.82, 2.24) is 9.97 Å². The highest BCUT2D eigenvalue weighted by Gasteiger charge is 2.14. The molecule has 0 aliphatic heterocycles. The number of H-pyrrole nitrogens is 1. The number of imidazole rings is 1. The van der Waals surface area contributed by atoms with Gasteiger partial charge in [0.2, 0.25) is 0 Å². The van der Waals surface area contributed by atoms with Crippen LogP contribution < -0.4 is 0 Å². The minimum Gasteiger partial charge on any atom is -0.341 e. The summed E-state index contributed by atoms with van der Waals surface area (Å²) in [7, 11) is 0. The third-order valence-electron chi connectivity index (χ3n) is 3.72. The second-order valence-electron chi connectivity index (χ2n) is 5.22. The van der Waals surface area contributed by atoms with Crippen LogP contribution >= 0.6 is 0 Å². The number of benzene rings is 2. The topological polar surface area (TPSA) is 28.7 Å². The summed E-state index contributed by atoms with van der Waals surface area (Å²) >= 11 is 0. The van der Waals surface area contributed by atoms with E-state index in [4.69, 9.17) is 4.98 Å². The van der Waals surface area contributed by atoms with Gasteiger partial charge in [-0.05, 0) is 42.7 Å². The lowest BCUT2D eigenvalue weighted by Gasteiger charge is -2.11. The van der Waals surface area contributed by atoms with Crippen molar-refractivity contribution < 1.29 is 0 Å². The summed E-state index contributed by atoms with van der Waals surface area (Å²) in [6.45, 7) is 6.45. The van der Waals surface area contributed by atoms with Crippen LogP contribution in [0.25, 0.3) is 11.0 Å². The van der Waals surface area contributed by atoms with Crippen LogP contribution in [0.4, 0.5) is 0 Å². The summed E-state index contributed by atoms with van der Waals surface area (Å²) in [6.07, 6.45) is 0. The van der Waals surface area contributed by atoms with Crippen molar-refractivity contribution in [2.75, 3.05) is 0 Å². The summed E-state index contributed by atoms with van der Waals surface area (Å²) < 4.78 is 0. The Morgan fingerprint density at radius 3 is 2.63 bits per heavy atom. The number of fused-ring (bicyclic) bond motifs is 1. The van der Waals surface area contributed by atoms with Gasteiger partial charge in [-0.25, -0.2) is 4.98 Å². The van der Waals surface area contributed by atoms with Crippen LogP contribution in [0.5, 0.6) is 0 Å². The molecule has 0 aliphatic rings. The minimum absolute atomic E-state index is 0.286. The van der Waals surface area contributed by atoms with Crippen LogP contribution in [-0.2, 0) is 0 Å². The molecule has 1 atom stereocenters. The van der Waals surface area contributed by atoms with Gasteiger partial charge in [0.05, 0.1) is 11.0 Å². The highest BCUT2D eigenvalue weighted by molar-refractivity contribution is 5.76. The highest BCUT2D eigenvalue weighted by atomic mass is 14.9. The highest BCUT2D eigenvalue weighted by Crippen LogP contribution is 2.26. The molecule has 3 rings (SSSR count). The van der Waals surface area contributed by atoms with Gasteiger partial charge in [-0.1, -0.05) is 37.3 Å². The van der Waals surface area contributed by atoms with Crippen molar-refractivity contribution in [3.63, 3.8) is 0 Å². The Kier molecular flexibility index (Phi) is 2.86. The molecule has 1 heterocycles. The molecule has 96 valence electrons. The number of aromatic amines is 1. The number of aromatic nitrogens is 2. The summed E-state index contributed by atoms with van der Waals surface area (Å²) in [6, 6.07) is 14.8. The Labute approximate surface area is 113 Å². The molecule has 2 heteroatoms. The van der Waals surface area contributed by atoms with E-state index in [1.54, 1.807) is 0 Å². The first kappa shape index (κ1) is 12.0. The van der Waals surface area contributed by atoms with E-state index in [1.165, 1.54) is 16.7 Å². The lowest BCUT2D eigenvalue weighted by atomic mass is 9.96. The molecule has 1 aromatic heterocycles. The molecule has 0 aliphatic carbocycles. The van der Waals surface area contributed by atoms with Crippen LogP contribution in [-0.4, -0.2) is 9.97 Å². The van der Waals surface area contributed by atoms with Crippen molar-refractivity contribution in [3.05, 3.63) is 65.0 Å². The zero-order valence-electron chi connectivity index (χ0n) is 11.6. The third-order valence-corrected chi connectivity index (χ3v) is 3.72. The fourth-order valence-electron chi connectivity index (χ4n) is 2.56. The van der Waals surface area contributed by atoms with Crippen molar-refractivity contribution in [1.29, 1.82) is 0 Å². The van der Waals surface area contributed by atoms with Gasteiger partial charge in [-0.15, -0.1) is 0 Å². The number of hydrogen-bond acceptors (Lipinski definition) is 1. The van der Waals surface area contributed by atoms with E-state index in [-0.39, 0.29) is 5.92 Å². The average molecular weight is 250 g/mol. The number of nitrogens with one attached hydrogen (secondary N) is 1. The molecule has 0 saturated carbocycles. The number of hydrogen-bond donors (Lipinski definition) is 1. The SMILES string of the molecule is Cc1ccc2[nH]c(C(C)c3ccccc3C)nc2c1. The van der Waals surface area contributed by atoms with Crippen molar-refractivity contribution in [2.24, 2.45) is 0 Å². The van der Waals surface area contributed by atoms with Crippen LogP contribution in [0, 0.1) is 13.8 Å². The molecule has 2 aromatic carbocycles. The zero-order chi connectivity index (χ0) is 13.4. The van der Waals surface area contributed by atoms with E-state index < -0.39 is 0 Å². The first-order chi connectivity index (χ1) is 9.15. The Morgan fingerprint density at radius 1 is 1.05 bits per heavy atom. The van der Waals surface area contributed by atoms with Gasteiger partial charge < -0.3 is 4.98 Å². The fraction of sp³-hybridized carbons (Fsp3) is 0.235. The maximum atomic E-state index is 4.74. The van der Waals surface area contributed by atoms with Crippen LogP contribution in [0.1, 0.15) is 35.4 Å². The van der Waals surface area contributed by atoms with Crippen LogP contribution in [0.15, 0.2) is 42.5 Å². The molecule has 0 radical (unpaired) electrons. The predicted octanol–water partition coefficient (Wildman–Crippen LogP) is 4.33. The second-order valence-corrected chi connectivity index (χ2v) is 5.22. The Hall–Kier alpha value is -2.09. The molecule has 3 aromatic rings. The van der Waals surface area contributed by atoms with Gasteiger partial charge in [0.1, 0.15) is 5.82 Å². The zero-order valence-corrected chi connectivity index (χ0v) is 11.6. The van der Waals surface area contributed by atoms with E-state index in [2.05, 4.69) is 68.2 Å². The number of rotatable bonds is 2. The normalized spacial score (nSPS) is 12.8. The quantitative estimate of drug-likeness (QED) is 0.720. The molecule has 19 heavy (non-hydrogen) atoms. The Morgan fingerprint density at radius 2 is 1.84 bits per heavy atom. The van der Waals surface area contributed by atoms with Gasteiger partial charge >= 0.3 is 0 Å². The minimum atomic E-state index is 0.286. The van der Waals surface area contributed by atoms with Gasteiger partial charge in [-0.3, -0.25) is 0 Å². The van der Waals surface area contributed by atoms with Crippen molar-refractivity contribution in [3.8, 4) is 0 Å². The van der Waals surface area contributed by atoms with Crippen LogP contribution in [0.2, 0.25) is 0 Å². The third kappa shape index (κ3) is 2.14. The fourth-order valence-corrected chi connectivity index (χ4v) is 2.56. The summed E-state index contributed by atoms with van der Waals surface area (Å²) in [5.74, 6) is 1.32. The maximum absolute atomic E-state index is 4.74. The lowest BCUT2D eigenvalue weighted by Crippen LogP contribution is -2.00. The molecule has 0 spiro atoms. The van der Waals surface area contributed by atoms with Gasteiger partial charge in [0.15, 0.2) is 0 Å².